The van der Waals surface area contributed by atoms with Crippen LogP contribution in [0, 0.1) is 0 Å². The SMILES string of the molecule is CC(OC(=O)c1cc(-c2cccnc2)nc2ccccc12)C(=O)Nc1cccc2ccccc12. The molecule has 1 unspecified atom stereocenters. The number of hydrogen-bond donors (Lipinski definition) is 1. The first-order valence-corrected chi connectivity index (χ1v) is 10.9. The first kappa shape index (κ1) is 21.3. The maximum Gasteiger partial charge on any atom is 0.339 e. The van der Waals surface area contributed by atoms with Crippen LogP contribution in [0.2, 0.25) is 0 Å². The lowest BCUT2D eigenvalue weighted by atomic mass is 10.0. The zero-order valence-corrected chi connectivity index (χ0v) is 18.4. The molecule has 166 valence electrons. The Morgan fingerprint density at radius 2 is 1.65 bits per heavy atom. The van der Waals surface area contributed by atoms with Crippen LogP contribution < -0.4 is 5.32 Å². The van der Waals surface area contributed by atoms with Gasteiger partial charge in [0.25, 0.3) is 5.91 Å². The number of rotatable bonds is 5. The number of benzene rings is 3. The van der Waals surface area contributed by atoms with Crippen molar-refractivity contribution in [2.24, 2.45) is 0 Å². The summed E-state index contributed by atoms with van der Waals surface area (Å²) in [5, 5.41) is 5.46. The summed E-state index contributed by atoms with van der Waals surface area (Å²) in [6, 6.07) is 26.1. The third kappa shape index (κ3) is 4.21. The molecule has 0 fully saturated rings. The van der Waals surface area contributed by atoms with Crippen molar-refractivity contribution in [3.8, 4) is 11.3 Å². The van der Waals surface area contributed by atoms with Crippen molar-refractivity contribution in [3.05, 3.63) is 103 Å². The quantitative estimate of drug-likeness (QED) is 0.353. The molecule has 1 atom stereocenters. The molecular formula is C28H21N3O3. The molecule has 2 aromatic heterocycles. The Morgan fingerprint density at radius 1 is 0.882 bits per heavy atom. The van der Waals surface area contributed by atoms with Crippen LogP contribution in [0.5, 0.6) is 0 Å². The second-order valence-corrected chi connectivity index (χ2v) is 7.88. The minimum atomic E-state index is -1.000. The highest BCUT2D eigenvalue weighted by Gasteiger charge is 2.22. The van der Waals surface area contributed by atoms with Crippen molar-refractivity contribution in [1.29, 1.82) is 0 Å². The van der Waals surface area contributed by atoms with E-state index in [1.54, 1.807) is 25.4 Å². The molecule has 6 heteroatoms. The van der Waals surface area contributed by atoms with Gasteiger partial charge in [0.15, 0.2) is 6.10 Å². The predicted molar refractivity (Wildman–Crippen MR) is 132 cm³/mol. The van der Waals surface area contributed by atoms with E-state index in [1.165, 1.54) is 0 Å². The molecule has 0 aliphatic heterocycles. The topological polar surface area (TPSA) is 81.2 Å². The second kappa shape index (κ2) is 9.11. The first-order valence-electron chi connectivity index (χ1n) is 10.9. The summed E-state index contributed by atoms with van der Waals surface area (Å²) >= 11 is 0. The third-order valence-corrected chi connectivity index (χ3v) is 5.59. The lowest BCUT2D eigenvalue weighted by Crippen LogP contribution is -2.30. The molecule has 1 amide bonds. The Morgan fingerprint density at radius 3 is 2.47 bits per heavy atom. The van der Waals surface area contributed by atoms with E-state index in [-0.39, 0.29) is 0 Å². The van der Waals surface area contributed by atoms with Crippen LogP contribution in [-0.2, 0) is 9.53 Å². The smallest absolute Gasteiger partial charge is 0.339 e. The van der Waals surface area contributed by atoms with Crippen molar-refractivity contribution >= 4 is 39.2 Å². The van der Waals surface area contributed by atoms with E-state index in [4.69, 9.17) is 4.74 Å². The number of aromatic nitrogens is 2. The minimum Gasteiger partial charge on any atom is -0.449 e. The molecule has 0 bridgehead atoms. The summed E-state index contributed by atoms with van der Waals surface area (Å²) in [6.45, 7) is 1.56. The predicted octanol–water partition coefficient (Wildman–Crippen LogP) is 5.63. The molecule has 0 saturated carbocycles. The minimum absolute atomic E-state index is 0.342. The summed E-state index contributed by atoms with van der Waals surface area (Å²) in [4.78, 5) is 34.8. The van der Waals surface area contributed by atoms with Gasteiger partial charge >= 0.3 is 5.97 Å². The molecule has 34 heavy (non-hydrogen) atoms. The van der Waals surface area contributed by atoms with Gasteiger partial charge in [-0.1, -0.05) is 54.6 Å². The van der Waals surface area contributed by atoms with Crippen LogP contribution in [0.1, 0.15) is 17.3 Å². The molecule has 0 aliphatic carbocycles. The van der Waals surface area contributed by atoms with Crippen molar-refractivity contribution in [2.75, 3.05) is 5.32 Å². The number of anilines is 1. The van der Waals surface area contributed by atoms with Crippen molar-refractivity contribution in [2.45, 2.75) is 13.0 Å². The zero-order valence-electron chi connectivity index (χ0n) is 18.4. The largest absolute Gasteiger partial charge is 0.449 e. The molecule has 5 aromatic rings. The highest BCUT2D eigenvalue weighted by molar-refractivity contribution is 6.07. The van der Waals surface area contributed by atoms with Crippen LogP contribution in [0.15, 0.2) is 97.3 Å². The van der Waals surface area contributed by atoms with Crippen LogP contribution in [0.25, 0.3) is 32.9 Å². The number of esters is 1. The summed E-state index contributed by atoms with van der Waals surface area (Å²) < 4.78 is 5.59. The average Bonchev–Trinajstić information content (AvgIpc) is 2.88. The van der Waals surface area contributed by atoms with Gasteiger partial charge in [-0.05, 0) is 42.6 Å². The van der Waals surface area contributed by atoms with Crippen LogP contribution >= 0.6 is 0 Å². The van der Waals surface area contributed by atoms with Gasteiger partial charge in [0.05, 0.1) is 16.8 Å². The van der Waals surface area contributed by atoms with E-state index in [2.05, 4.69) is 15.3 Å². The number of ether oxygens (including phenoxy) is 1. The normalized spacial score (nSPS) is 11.8. The highest BCUT2D eigenvalue weighted by Crippen LogP contribution is 2.26. The Balaban J connectivity index is 1.41. The van der Waals surface area contributed by atoms with Crippen molar-refractivity contribution < 1.29 is 14.3 Å². The molecule has 0 spiro atoms. The van der Waals surface area contributed by atoms with E-state index < -0.39 is 18.0 Å². The Labute approximate surface area is 196 Å². The molecule has 0 radical (unpaired) electrons. The number of hydrogen-bond acceptors (Lipinski definition) is 5. The van der Waals surface area contributed by atoms with E-state index >= 15 is 0 Å². The van der Waals surface area contributed by atoms with Crippen LogP contribution in [-0.4, -0.2) is 27.9 Å². The third-order valence-electron chi connectivity index (χ3n) is 5.59. The van der Waals surface area contributed by atoms with Crippen LogP contribution in [0.4, 0.5) is 5.69 Å². The summed E-state index contributed by atoms with van der Waals surface area (Å²) in [7, 11) is 0. The molecular weight excluding hydrogens is 426 g/mol. The monoisotopic (exact) mass is 447 g/mol. The highest BCUT2D eigenvalue weighted by atomic mass is 16.5. The van der Waals surface area contributed by atoms with E-state index in [1.807, 2.05) is 78.9 Å². The standard InChI is InChI=1S/C28H21N3O3/c1-18(27(32)31-24-14-6-9-19-8-2-3-11-21(19)24)34-28(33)23-16-26(20-10-7-15-29-17-20)30-25-13-5-4-12-22(23)25/h2-18H,1H3,(H,31,32). The average molecular weight is 447 g/mol. The summed E-state index contributed by atoms with van der Waals surface area (Å²) in [6.07, 6.45) is 2.36. The van der Waals surface area contributed by atoms with E-state index in [0.717, 1.165) is 16.3 Å². The van der Waals surface area contributed by atoms with Crippen molar-refractivity contribution in [1.82, 2.24) is 9.97 Å². The Bertz CT molecular complexity index is 1510. The maximum atomic E-state index is 13.2. The second-order valence-electron chi connectivity index (χ2n) is 7.88. The van der Waals surface area contributed by atoms with Gasteiger partial charge < -0.3 is 10.1 Å². The van der Waals surface area contributed by atoms with Crippen molar-refractivity contribution in [3.63, 3.8) is 0 Å². The maximum absolute atomic E-state index is 13.2. The van der Waals surface area contributed by atoms with Crippen LogP contribution in [0.3, 0.4) is 0 Å². The fourth-order valence-corrected chi connectivity index (χ4v) is 3.85. The van der Waals surface area contributed by atoms with Gasteiger partial charge in [-0.15, -0.1) is 0 Å². The van der Waals surface area contributed by atoms with Gasteiger partial charge in [-0.3, -0.25) is 9.78 Å². The molecule has 0 saturated heterocycles. The molecule has 5 rings (SSSR count). The summed E-state index contributed by atoms with van der Waals surface area (Å²) in [5.41, 5.74) is 3.05. The lowest BCUT2D eigenvalue weighted by Gasteiger charge is -2.16. The number of carbonyl (C=O) groups is 2. The fourth-order valence-electron chi connectivity index (χ4n) is 3.85. The number of pyridine rings is 2. The number of para-hydroxylation sites is 1. The number of nitrogens with one attached hydrogen (secondary N) is 1. The molecule has 2 heterocycles. The summed E-state index contributed by atoms with van der Waals surface area (Å²) in [5.74, 6) is -1.00. The van der Waals surface area contributed by atoms with Gasteiger partial charge in [0.1, 0.15) is 0 Å². The van der Waals surface area contributed by atoms with E-state index in [0.29, 0.717) is 27.8 Å². The Hall–Kier alpha value is -4.58. The molecule has 3 aromatic carbocycles. The van der Waals surface area contributed by atoms with Gasteiger partial charge in [-0.2, -0.15) is 0 Å². The number of amides is 1. The van der Waals surface area contributed by atoms with Gasteiger partial charge in [-0.25, -0.2) is 9.78 Å². The molecule has 0 aliphatic rings. The number of fused-ring (bicyclic) bond motifs is 2. The van der Waals surface area contributed by atoms with Gasteiger partial charge in [0.2, 0.25) is 0 Å². The fraction of sp³-hybridized carbons (Fsp3) is 0.0714. The molecule has 1 N–H and O–H groups in total. The first-order chi connectivity index (χ1) is 16.6. The lowest BCUT2D eigenvalue weighted by molar-refractivity contribution is -0.123. The number of nitrogens with zero attached hydrogens (tertiary/aromatic N) is 2. The zero-order chi connectivity index (χ0) is 23.5. The van der Waals surface area contributed by atoms with E-state index in [9.17, 15) is 9.59 Å². The molecule has 6 nitrogen and oxygen atoms in total. The Kier molecular flexibility index (Phi) is 5.70. The number of carbonyl (C=O) groups excluding carboxylic acids is 2. The van der Waals surface area contributed by atoms with Gasteiger partial charge in [0, 0.05) is 34.4 Å².